The molecule has 1 atom stereocenters. The summed E-state index contributed by atoms with van der Waals surface area (Å²) in [6.45, 7) is 1.91. The van der Waals surface area contributed by atoms with Crippen LogP contribution in [0.25, 0.3) is 0 Å². The minimum absolute atomic E-state index is 0.275. The lowest BCUT2D eigenvalue weighted by Crippen LogP contribution is -2.36. The molecule has 0 bridgehead atoms. The van der Waals surface area contributed by atoms with E-state index < -0.39 is 6.10 Å². The number of benzene rings is 1. The monoisotopic (exact) mass is 242 g/mol. The first-order valence-corrected chi connectivity index (χ1v) is 5.32. The number of carbonyl (C=O) groups excluding carboxylic acids is 1. The zero-order chi connectivity index (χ0) is 12.1. The van der Waals surface area contributed by atoms with Gasteiger partial charge in [-0.1, -0.05) is 17.7 Å². The van der Waals surface area contributed by atoms with E-state index in [0.29, 0.717) is 10.7 Å². The molecule has 0 aliphatic carbocycles. The van der Waals surface area contributed by atoms with Crippen molar-refractivity contribution in [1.29, 1.82) is 0 Å². The Morgan fingerprint density at radius 3 is 2.88 bits per heavy atom. The highest BCUT2D eigenvalue weighted by Gasteiger charge is 2.10. The first-order chi connectivity index (χ1) is 7.49. The number of rotatable bonds is 3. The fourth-order valence-electron chi connectivity index (χ4n) is 1.26. The van der Waals surface area contributed by atoms with Crippen molar-refractivity contribution in [1.82, 2.24) is 4.90 Å². The van der Waals surface area contributed by atoms with Gasteiger partial charge in [0.15, 0.2) is 0 Å². The summed E-state index contributed by atoms with van der Waals surface area (Å²) in [5.74, 6) is 0. The number of aliphatic hydroxyl groups is 1. The minimum Gasteiger partial charge on any atom is -0.392 e. The van der Waals surface area contributed by atoms with Gasteiger partial charge in [-0.05, 0) is 25.1 Å². The third-order valence-electron chi connectivity index (χ3n) is 1.96. The second kappa shape index (κ2) is 5.72. The number of anilines is 1. The number of hydrogen-bond donors (Lipinski definition) is 2. The van der Waals surface area contributed by atoms with Gasteiger partial charge < -0.3 is 15.3 Å². The molecule has 1 aromatic carbocycles. The first-order valence-electron chi connectivity index (χ1n) is 4.95. The number of urea groups is 1. The topological polar surface area (TPSA) is 52.6 Å². The van der Waals surface area contributed by atoms with Crippen LogP contribution < -0.4 is 5.32 Å². The molecule has 5 heteroatoms. The van der Waals surface area contributed by atoms with Gasteiger partial charge >= 0.3 is 6.03 Å². The second-order valence-electron chi connectivity index (χ2n) is 3.67. The number of halogens is 1. The van der Waals surface area contributed by atoms with Crippen LogP contribution in [0.5, 0.6) is 0 Å². The van der Waals surface area contributed by atoms with Gasteiger partial charge in [-0.3, -0.25) is 0 Å². The molecule has 0 fully saturated rings. The van der Waals surface area contributed by atoms with Gasteiger partial charge in [0.05, 0.1) is 6.10 Å². The number of nitrogens with one attached hydrogen (secondary N) is 1. The summed E-state index contributed by atoms with van der Waals surface area (Å²) in [5.41, 5.74) is 0.634. The standard InChI is InChI=1S/C11H15ClN2O2/c1-8(15)7-14(2)11(16)13-10-5-3-4-9(12)6-10/h3-6,8,15H,7H2,1-2H3,(H,13,16). The Balaban J connectivity index is 2.57. The predicted octanol–water partition coefficient (Wildman–Crippen LogP) is 2.18. The summed E-state index contributed by atoms with van der Waals surface area (Å²) >= 11 is 5.79. The van der Waals surface area contributed by atoms with Gasteiger partial charge in [0, 0.05) is 24.3 Å². The van der Waals surface area contributed by atoms with E-state index in [9.17, 15) is 4.79 Å². The van der Waals surface area contributed by atoms with Crippen molar-refractivity contribution in [3.63, 3.8) is 0 Å². The molecule has 88 valence electrons. The number of hydrogen-bond acceptors (Lipinski definition) is 2. The quantitative estimate of drug-likeness (QED) is 0.854. The predicted molar refractivity (Wildman–Crippen MR) is 64.8 cm³/mol. The van der Waals surface area contributed by atoms with Crippen LogP contribution in [0.2, 0.25) is 5.02 Å². The Morgan fingerprint density at radius 2 is 2.31 bits per heavy atom. The van der Waals surface area contributed by atoms with E-state index in [0.717, 1.165) is 0 Å². The van der Waals surface area contributed by atoms with Crippen LogP contribution >= 0.6 is 11.6 Å². The largest absolute Gasteiger partial charge is 0.392 e. The van der Waals surface area contributed by atoms with Crippen LogP contribution in [0.3, 0.4) is 0 Å². The van der Waals surface area contributed by atoms with E-state index >= 15 is 0 Å². The van der Waals surface area contributed by atoms with Gasteiger partial charge in [0.25, 0.3) is 0 Å². The highest BCUT2D eigenvalue weighted by molar-refractivity contribution is 6.30. The normalized spacial score (nSPS) is 12.0. The zero-order valence-electron chi connectivity index (χ0n) is 9.27. The molecule has 4 nitrogen and oxygen atoms in total. The van der Waals surface area contributed by atoms with Crippen molar-refractivity contribution in [3.05, 3.63) is 29.3 Å². The van der Waals surface area contributed by atoms with E-state index in [2.05, 4.69) is 5.32 Å². The summed E-state index contributed by atoms with van der Waals surface area (Å²) in [6, 6.07) is 6.63. The molecule has 0 radical (unpaired) electrons. The fraction of sp³-hybridized carbons (Fsp3) is 0.364. The van der Waals surface area contributed by atoms with Crippen LogP contribution in [0.4, 0.5) is 10.5 Å². The number of carbonyl (C=O) groups is 1. The van der Waals surface area contributed by atoms with Gasteiger partial charge in [-0.2, -0.15) is 0 Å². The van der Waals surface area contributed by atoms with E-state index in [4.69, 9.17) is 16.7 Å². The average Bonchev–Trinajstić information content (AvgIpc) is 2.16. The van der Waals surface area contributed by atoms with Gasteiger partial charge in [-0.15, -0.1) is 0 Å². The lowest BCUT2D eigenvalue weighted by atomic mass is 10.3. The van der Waals surface area contributed by atoms with Crippen molar-refractivity contribution in [2.75, 3.05) is 18.9 Å². The van der Waals surface area contributed by atoms with Crippen LogP contribution in [0.1, 0.15) is 6.92 Å². The Labute approximate surface area is 99.8 Å². The SMILES string of the molecule is CC(O)CN(C)C(=O)Nc1cccc(Cl)c1. The summed E-state index contributed by atoms with van der Waals surface area (Å²) in [4.78, 5) is 13.0. The molecule has 1 aromatic rings. The molecular weight excluding hydrogens is 228 g/mol. The zero-order valence-corrected chi connectivity index (χ0v) is 10.0. The fourth-order valence-corrected chi connectivity index (χ4v) is 1.45. The molecule has 2 amide bonds. The molecule has 0 aliphatic rings. The van der Waals surface area contributed by atoms with Crippen molar-refractivity contribution in [2.24, 2.45) is 0 Å². The van der Waals surface area contributed by atoms with Crippen LogP contribution in [-0.2, 0) is 0 Å². The van der Waals surface area contributed by atoms with Crippen LogP contribution in [0, 0.1) is 0 Å². The number of nitrogens with zero attached hydrogens (tertiary/aromatic N) is 1. The Kier molecular flexibility index (Phi) is 4.58. The van der Waals surface area contributed by atoms with Gasteiger partial charge in [0.1, 0.15) is 0 Å². The number of aliphatic hydroxyl groups excluding tert-OH is 1. The van der Waals surface area contributed by atoms with Crippen molar-refractivity contribution in [3.8, 4) is 0 Å². The number of amides is 2. The molecule has 0 spiro atoms. The Morgan fingerprint density at radius 1 is 1.62 bits per heavy atom. The molecule has 0 saturated heterocycles. The third kappa shape index (κ3) is 4.08. The molecule has 16 heavy (non-hydrogen) atoms. The Bertz CT molecular complexity index is 369. The van der Waals surface area contributed by atoms with Crippen molar-refractivity contribution >= 4 is 23.3 Å². The second-order valence-corrected chi connectivity index (χ2v) is 4.11. The average molecular weight is 243 g/mol. The van der Waals surface area contributed by atoms with Crippen molar-refractivity contribution < 1.29 is 9.90 Å². The maximum Gasteiger partial charge on any atom is 0.321 e. The summed E-state index contributed by atoms with van der Waals surface area (Å²) in [6.07, 6.45) is -0.546. The molecular formula is C11H15ClN2O2. The van der Waals surface area contributed by atoms with Crippen molar-refractivity contribution in [2.45, 2.75) is 13.0 Å². The lowest BCUT2D eigenvalue weighted by molar-refractivity contribution is 0.149. The van der Waals surface area contributed by atoms with E-state index in [1.165, 1.54) is 4.90 Å². The molecule has 1 unspecified atom stereocenters. The van der Waals surface area contributed by atoms with Crippen LogP contribution in [-0.4, -0.2) is 35.7 Å². The maximum atomic E-state index is 11.6. The Hall–Kier alpha value is -1.26. The highest BCUT2D eigenvalue weighted by Crippen LogP contribution is 2.15. The van der Waals surface area contributed by atoms with E-state index in [1.54, 1.807) is 38.2 Å². The summed E-state index contributed by atoms with van der Waals surface area (Å²) < 4.78 is 0. The number of likely N-dealkylation sites (N-methyl/N-ethyl adjacent to an activating group) is 1. The van der Waals surface area contributed by atoms with Gasteiger partial charge in [-0.25, -0.2) is 4.79 Å². The summed E-state index contributed by atoms with van der Waals surface area (Å²) in [7, 11) is 1.62. The van der Waals surface area contributed by atoms with E-state index in [1.807, 2.05) is 0 Å². The third-order valence-corrected chi connectivity index (χ3v) is 2.20. The highest BCUT2D eigenvalue weighted by atomic mass is 35.5. The summed E-state index contributed by atoms with van der Waals surface area (Å²) in [5, 5.41) is 12.4. The smallest absolute Gasteiger partial charge is 0.321 e. The molecule has 1 rings (SSSR count). The molecule has 2 N–H and O–H groups in total. The molecule has 0 heterocycles. The first kappa shape index (κ1) is 12.8. The molecule has 0 saturated carbocycles. The van der Waals surface area contributed by atoms with Gasteiger partial charge in [0.2, 0.25) is 0 Å². The molecule has 0 aromatic heterocycles. The molecule has 0 aliphatic heterocycles. The maximum absolute atomic E-state index is 11.6. The van der Waals surface area contributed by atoms with Crippen LogP contribution in [0.15, 0.2) is 24.3 Å². The lowest BCUT2D eigenvalue weighted by Gasteiger charge is -2.19. The van der Waals surface area contributed by atoms with E-state index in [-0.39, 0.29) is 12.6 Å². The minimum atomic E-state index is -0.546.